The normalized spacial score (nSPS) is 47.6. The number of aliphatic hydroxyl groups is 1. The maximum atomic E-state index is 13.0. The van der Waals surface area contributed by atoms with Crippen molar-refractivity contribution in [1.29, 1.82) is 0 Å². The number of esters is 2. The van der Waals surface area contributed by atoms with Gasteiger partial charge in [-0.05, 0) is 77.0 Å². The lowest BCUT2D eigenvalue weighted by Crippen LogP contribution is -2.66. The summed E-state index contributed by atoms with van der Waals surface area (Å²) in [5.74, 6) is -0.271. The minimum Gasteiger partial charge on any atom is -0.461 e. The number of aliphatic hydroxyl groups excluding tert-OH is 1. The van der Waals surface area contributed by atoms with E-state index in [1.807, 2.05) is 13.8 Å². The molecule has 0 radical (unpaired) electrons. The van der Waals surface area contributed by atoms with Gasteiger partial charge in [-0.2, -0.15) is 0 Å². The Hall–Kier alpha value is -1.70. The van der Waals surface area contributed by atoms with Crippen molar-refractivity contribution in [1.82, 2.24) is 0 Å². The molecule has 3 aliphatic carbocycles. The lowest BCUT2D eigenvalue weighted by Gasteiger charge is -2.66. The zero-order chi connectivity index (χ0) is 29.4. The number of carbonyl (C=O) groups is 2. The molecule has 2 saturated carbocycles. The van der Waals surface area contributed by atoms with Crippen molar-refractivity contribution >= 4 is 11.9 Å². The second kappa shape index (κ2) is 9.95. The third-order valence-electron chi connectivity index (χ3n) is 11.9. The summed E-state index contributed by atoms with van der Waals surface area (Å²) in [6, 6.07) is 0. The Bertz CT molecular complexity index is 1100. The van der Waals surface area contributed by atoms with Crippen molar-refractivity contribution < 1.29 is 33.6 Å². The Balaban J connectivity index is 1.54. The molecule has 2 saturated heterocycles. The molecule has 0 amide bonds. The Morgan fingerprint density at radius 2 is 1.80 bits per heavy atom. The Morgan fingerprint density at radius 3 is 2.42 bits per heavy atom. The topological polar surface area (TPSA) is 91.3 Å². The fourth-order valence-corrected chi connectivity index (χ4v) is 10.4. The van der Waals surface area contributed by atoms with Gasteiger partial charge >= 0.3 is 11.9 Å². The number of rotatable bonds is 4. The quantitative estimate of drug-likeness (QED) is 0.347. The van der Waals surface area contributed by atoms with Gasteiger partial charge in [0.2, 0.25) is 0 Å². The highest BCUT2D eigenvalue weighted by Gasteiger charge is 2.71. The van der Waals surface area contributed by atoms with Crippen molar-refractivity contribution in [3.05, 3.63) is 23.3 Å². The van der Waals surface area contributed by atoms with E-state index in [-0.39, 0.29) is 53.9 Å². The van der Waals surface area contributed by atoms with Crippen LogP contribution in [0.1, 0.15) is 93.9 Å². The number of hydrogen-bond donors (Lipinski definition) is 1. The summed E-state index contributed by atoms with van der Waals surface area (Å²) in [7, 11) is 1.74. The maximum absolute atomic E-state index is 13.0. The summed E-state index contributed by atoms with van der Waals surface area (Å²) in [6.07, 6.45) is 7.40. The van der Waals surface area contributed by atoms with Crippen LogP contribution in [0.5, 0.6) is 0 Å². The molecule has 0 aromatic carbocycles. The minimum atomic E-state index is -0.788. The van der Waals surface area contributed by atoms with Gasteiger partial charge in [-0.1, -0.05) is 44.1 Å². The smallest absolute Gasteiger partial charge is 0.310 e. The Kier molecular flexibility index (Phi) is 7.40. The van der Waals surface area contributed by atoms with Crippen LogP contribution in [0.2, 0.25) is 0 Å². The molecule has 0 spiro atoms. The molecule has 1 N–H and O–H groups in total. The van der Waals surface area contributed by atoms with E-state index in [4.69, 9.17) is 18.9 Å². The van der Waals surface area contributed by atoms with E-state index in [9.17, 15) is 14.7 Å². The first-order valence-corrected chi connectivity index (χ1v) is 15.2. The molecule has 40 heavy (non-hydrogen) atoms. The summed E-state index contributed by atoms with van der Waals surface area (Å²) >= 11 is 0. The first kappa shape index (κ1) is 29.8. The van der Waals surface area contributed by atoms with Crippen LogP contribution >= 0.6 is 0 Å². The van der Waals surface area contributed by atoms with Gasteiger partial charge in [0.25, 0.3) is 0 Å². The Morgan fingerprint density at radius 1 is 1.10 bits per heavy atom. The summed E-state index contributed by atoms with van der Waals surface area (Å²) < 4.78 is 24.2. The van der Waals surface area contributed by atoms with Crippen LogP contribution in [0.3, 0.4) is 0 Å². The monoisotopic (exact) mass is 558 g/mol. The van der Waals surface area contributed by atoms with Gasteiger partial charge in [0.15, 0.2) is 6.29 Å². The second-order valence-corrected chi connectivity index (χ2v) is 14.7. The molecule has 224 valence electrons. The summed E-state index contributed by atoms with van der Waals surface area (Å²) in [6.45, 7) is 16.3. The predicted molar refractivity (Wildman–Crippen MR) is 151 cm³/mol. The second-order valence-electron chi connectivity index (χ2n) is 14.7. The standard InChI is InChI=1S/C33H50O7/c1-18(2)14-20-15-21(29(37-9)39-20)22-10-11-23-31(22,6)13-12-24-32(23,7)26(35)16-25-30(4,5)40-28(36)17-27(33(24,25)8)38-19(3)34/h11,14,20-22,24-27,29,35H,10,12-13,15-17H2,1-9H3. The molecule has 5 aliphatic rings. The highest BCUT2D eigenvalue weighted by Crippen LogP contribution is 2.72. The largest absolute Gasteiger partial charge is 0.461 e. The van der Waals surface area contributed by atoms with Crippen LogP contribution in [-0.4, -0.2) is 54.4 Å². The number of carbonyl (C=O) groups excluding carboxylic acids is 2. The number of ether oxygens (including phenoxy) is 4. The van der Waals surface area contributed by atoms with Gasteiger partial charge in [-0.25, -0.2) is 0 Å². The molecular weight excluding hydrogens is 508 g/mol. The Labute approximate surface area is 240 Å². The number of hydrogen-bond acceptors (Lipinski definition) is 7. The van der Waals surface area contributed by atoms with Crippen molar-refractivity contribution in [3.8, 4) is 0 Å². The van der Waals surface area contributed by atoms with Gasteiger partial charge in [0, 0.05) is 36.7 Å². The molecule has 0 bridgehead atoms. The lowest BCUT2D eigenvalue weighted by molar-refractivity contribution is -0.221. The average molecular weight is 559 g/mol. The summed E-state index contributed by atoms with van der Waals surface area (Å²) in [5.41, 5.74) is 0.609. The summed E-state index contributed by atoms with van der Waals surface area (Å²) in [4.78, 5) is 25.3. The fraction of sp³-hybridized carbons (Fsp3) is 0.818. The molecule has 4 fully saturated rings. The zero-order valence-electron chi connectivity index (χ0n) is 25.9. The average Bonchev–Trinajstić information content (AvgIpc) is 3.38. The number of fused-ring (bicyclic) bond motifs is 5. The molecule has 2 aliphatic heterocycles. The third kappa shape index (κ3) is 4.32. The molecular formula is C33H50O7. The highest BCUT2D eigenvalue weighted by atomic mass is 16.7. The van der Waals surface area contributed by atoms with Crippen LogP contribution in [0.4, 0.5) is 0 Å². The molecule has 7 heteroatoms. The minimum absolute atomic E-state index is 0.0152. The van der Waals surface area contributed by atoms with E-state index in [1.54, 1.807) is 7.11 Å². The number of allylic oxidation sites excluding steroid dienone is 2. The first-order valence-electron chi connectivity index (χ1n) is 15.2. The van der Waals surface area contributed by atoms with Crippen molar-refractivity contribution in [2.24, 2.45) is 39.9 Å². The lowest BCUT2D eigenvalue weighted by atomic mass is 9.39. The molecule has 5 rings (SSSR count). The van der Waals surface area contributed by atoms with E-state index in [2.05, 4.69) is 46.8 Å². The van der Waals surface area contributed by atoms with Gasteiger partial charge in [-0.15, -0.1) is 0 Å². The third-order valence-corrected chi connectivity index (χ3v) is 11.9. The van der Waals surface area contributed by atoms with Gasteiger partial charge < -0.3 is 24.1 Å². The molecule has 11 unspecified atom stereocenters. The molecule has 11 atom stereocenters. The zero-order valence-corrected chi connectivity index (χ0v) is 25.9. The van der Waals surface area contributed by atoms with E-state index in [0.29, 0.717) is 12.3 Å². The van der Waals surface area contributed by atoms with Crippen LogP contribution in [-0.2, 0) is 28.5 Å². The fourth-order valence-electron chi connectivity index (χ4n) is 10.4. The van der Waals surface area contributed by atoms with Crippen molar-refractivity contribution in [2.45, 2.75) is 124 Å². The van der Waals surface area contributed by atoms with E-state index < -0.39 is 28.6 Å². The number of methoxy groups -OCH3 is 1. The van der Waals surface area contributed by atoms with Gasteiger partial charge in [-0.3, -0.25) is 9.59 Å². The van der Waals surface area contributed by atoms with Crippen LogP contribution in [0.15, 0.2) is 23.3 Å². The van der Waals surface area contributed by atoms with Crippen LogP contribution < -0.4 is 0 Å². The van der Waals surface area contributed by atoms with Gasteiger partial charge in [0.1, 0.15) is 11.7 Å². The van der Waals surface area contributed by atoms with Gasteiger partial charge in [0.05, 0.1) is 18.6 Å². The van der Waals surface area contributed by atoms with Crippen LogP contribution in [0, 0.1) is 39.9 Å². The molecule has 0 aromatic heterocycles. The van der Waals surface area contributed by atoms with E-state index >= 15 is 0 Å². The van der Waals surface area contributed by atoms with Crippen molar-refractivity contribution in [3.63, 3.8) is 0 Å². The number of cyclic esters (lactones) is 1. The van der Waals surface area contributed by atoms with Crippen LogP contribution in [0.25, 0.3) is 0 Å². The maximum Gasteiger partial charge on any atom is 0.310 e. The molecule has 7 nitrogen and oxygen atoms in total. The van der Waals surface area contributed by atoms with E-state index in [0.717, 1.165) is 25.7 Å². The summed E-state index contributed by atoms with van der Waals surface area (Å²) in [5, 5.41) is 12.1. The predicted octanol–water partition coefficient (Wildman–Crippen LogP) is 5.74. The first-order chi connectivity index (χ1) is 18.6. The van der Waals surface area contributed by atoms with Crippen molar-refractivity contribution in [2.75, 3.05) is 7.11 Å². The molecule has 2 heterocycles. The van der Waals surface area contributed by atoms with E-state index in [1.165, 1.54) is 18.1 Å². The highest BCUT2D eigenvalue weighted by molar-refractivity contribution is 5.73. The SMILES string of the molecule is COC1OC(C=C(C)C)CC1C1CC=C2C1(C)CCC1C2(C)C(O)CC2C(C)(C)OC(=O)CC(OC(C)=O)C21C. The molecule has 0 aromatic rings.